The van der Waals surface area contributed by atoms with E-state index >= 15 is 0 Å². The Balaban J connectivity index is 1.72. The number of ether oxygens (including phenoxy) is 1. The lowest BCUT2D eigenvalue weighted by Gasteiger charge is -2.30. The molecule has 38 heavy (non-hydrogen) atoms. The summed E-state index contributed by atoms with van der Waals surface area (Å²) in [4.78, 5) is 28.6. The van der Waals surface area contributed by atoms with Crippen LogP contribution in [0.5, 0.6) is 5.88 Å². The summed E-state index contributed by atoms with van der Waals surface area (Å²) in [5.74, 6) is -2.68. The van der Waals surface area contributed by atoms with Crippen LogP contribution in [-0.4, -0.2) is 60.9 Å². The lowest BCUT2D eigenvalue weighted by Crippen LogP contribution is -2.41. The molecule has 1 saturated heterocycles. The molecule has 3 N–H and O–H groups in total. The van der Waals surface area contributed by atoms with Crippen molar-refractivity contribution in [1.29, 1.82) is 0 Å². The predicted molar refractivity (Wildman–Crippen MR) is 128 cm³/mol. The lowest BCUT2D eigenvalue weighted by molar-refractivity contribution is -0.141. The largest absolute Gasteiger partial charge is 0.474 e. The van der Waals surface area contributed by atoms with Gasteiger partial charge in [-0.05, 0) is 36.8 Å². The van der Waals surface area contributed by atoms with Crippen LogP contribution in [-0.2, 0) is 27.5 Å². The Morgan fingerprint density at radius 1 is 1.21 bits per heavy atom. The van der Waals surface area contributed by atoms with Gasteiger partial charge in [-0.25, -0.2) is 22.6 Å². The van der Waals surface area contributed by atoms with Gasteiger partial charge in [-0.15, -0.1) is 0 Å². The number of aromatic nitrogens is 1. The molecule has 2 heterocycles. The molecule has 1 aliphatic heterocycles. The van der Waals surface area contributed by atoms with Crippen LogP contribution in [0, 0.1) is 5.82 Å². The number of nitrogens with zero attached hydrogens (tertiary/aromatic N) is 2. The molecule has 3 rings (SSSR count). The standard InChI is InChI=1S/C23H26F4N4O6S/c1-13(14-3-5-18(17(24)11-14)30-38(2,35)36)20(32)28-12-15-4-6-19(23(25,26)27)29-21(15)37-16-7-9-31(10-8-16)22(33)34/h3-6,11,13,16,30H,7-10,12H2,1-2H3,(H,28,32)(H,33,34). The molecule has 1 aliphatic rings. The van der Waals surface area contributed by atoms with Crippen molar-refractivity contribution in [2.24, 2.45) is 0 Å². The lowest BCUT2D eigenvalue weighted by atomic mass is 9.99. The summed E-state index contributed by atoms with van der Waals surface area (Å²) in [7, 11) is -3.71. The highest BCUT2D eigenvalue weighted by Gasteiger charge is 2.34. The molecule has 1 unspecified atom stereocenters. The highest BCUT2D eigenvalue weighted by Crippen LogP contribution is 2.31. The molecule has 0 saturated carbocycles. The van der Waals surface area contributed by atoms with Crippen molar-refractivity contribution in [1.82, 2.24) is 15.2 Å². The molecule has 208 valence electrons. The van der Waals surface area contributed by atoms with Crippen molar-refractivity contribution in [3.05, 3.63) is 53.0 Å². The molecular weight excluding hydrogens is 536 g/mol. The Labute approximate surface area is 216 Å². The first-order chi connectivity index (χ1) is 17.6. The summed E-state index contributed by atoms with van der Waals surface area (Å²) in [5.41, 5.74) is -1.06. The van der Waals surface area contributed by atoms with Crippen LogP contribution in [0.2, 0.25) is 0 Å². The number of nitrogens with one attached hydrogen (secondary N) is 2. The minimum atomic E-state index is -4.73. The Kier molecular flexibility index (Phi) is 8.69. The van der Waals surface area contributed by atoms with Gasteiger partial charge in [-0.2, -0.15) is 13.2 Å². The van der Waals surface area contributed by atoms with Crippen molar-refractivity contribution in [2.45, 2.75) is 44.5 Å². The Bertz CT molecular complexity index is 1300. The topological polar surface area (TPSA) is 138 Å². The maximum atomic E-state index is 14.3. The second kappa shape index (κ2) is 11.4. The molecule has 0 spiro atoms. The number of halogens is 4. The third-order valence-corrected chi connectivity index (χ3v) is 6.45. The number of piperidine rings is 1. The number of carbonyl (C=O) groups excluding carboxylic acids is 1. The molecule has 1 fully saturated rings. The molecule has 1 aromatic carbocycles. The second-order valence-electron chi connectivity index (χ2n) is 8.80. The minimum Gasteiger partial charge on any atom is -0.474 e. The Hall–Kier alpha value is -3.62. The fourth-order valence-electron chi connectivity index (χ4n) is 3.76. The van der Waals surface area contributed by atoms with E-state index in [2.05, 4.69) is 10.3 Å². The minimum absolute atomic E-state index is 0.150. The first kappa shape index (κ1) is 28.9. The third-order valence-electron chi connectivity index (χ3n) is 5.86. The van der Waals surface area contributed by atoms with Gasteiger partial charge in [0.1, 0.15) is 17.6 Å². The molecule has 1 atom stereocenters. The number of hydrogen-bond donors (Lipinski definition) is 3. The number of benzene rings is 1. The number of alkyl halides is 3. The summed E-state index contributed by atoms with van der Waals surface area (Å²) < 4.78 is 84.4. The van der Waals surface area contributed by atoms with Crippen LogP contribution in [0.25, 0.3) is 0 Å². The normalized spacial score (nSPS) is 15.6. The van der Waals surface area contributed by atoms with Crippen LogP contribution >= 0.6 is 0 Å². The molecule has 15 heteroatoms. The quantitative estimate of drug-likeness (QED) is 0.419. The van der Waals surface area contributed by atoms with Crippen LogP contribution < -0.4 is 14.8 Å². The van der Waals surface area contributed by atoms with Gasteiger partial charge >= 0.3 is 12.3 Å². The zero-order valence-electron chi connectivity index (χ0n) is 20.4. The number of carbonyl (C=O) groups is 2. The van der Waals surface area contributed by atoms with Gasteiger partial charge in [0.2, 0.25) is 21.8 Å². The van der Waals surface area contributed by atoms with Gasteiger partial charge < -0.3 is 20.1 Å². The zero-order chi connectivity index (χ0) is 28.3. The average Bonchev–Trinajstić information content (AvgIpc) is 2.82. The van der Waals surface area contributed by atoms with Crippen LogP contribution in [0.1, 0.15) is 42.5 Å². The summed E-state index contributed by atoms with van der Waals surface area (Å²) in [6, 6.07) is 5.45. The summed E-state index contributed by atoms with van der Waals surface area (Å²) in [6.45, 7) is 1.54. The maximum Gasteiger partial charge on any atom is 0.433 e. The zero-order valence-corrected chi connectivity index (χ0v) is 21.2. The number of anilines is 1. The van der Waals surface area contributed by atoms with Gasteiger partial charge in [0.25, 0.3) is 0 Å². The first-order valence-electron chi connectivity index (χ1n) is 11.4. The Morgan fingerprint density at radius 2 is 1.87 bits per heavy atom. The summed E-state index contributed by atoms with van der Waals surface area (Å²) in [6.07, 6.45) is -5.03. The van der Waals surface area contributed by atoms with E-state index in [0.29, 0.717) is 0 Å². The number of pyridine rings is 1. The summed E-state index contributed by atoms with van der Waals surface area (Å²) in [5, 5.41) is 11.6. The molecule has 2 amide bonds. The van der Waals surface area contributed by atoms with Crippen LogP contribution in [0.15, 0.2) is 30.3 Å². The van der Waals surface area contributed by atoms with E-state index in [1.807, 2.05) is 4.72 Å². The number of sulfonamides is 1. The fourth-order valence-corrected chi connectivity index (χ4v) is 4.32. The van der Waals surface area contributed by atoms with E-state index in [4.69, 9.17) is 9.84 Å². The molecule has 0 radical (unpaired) electrons. The van der Waals surface area contributed by atoms with Crippen LogP contribution in [0.4, 0.5) is 28.0 Å². The van der Waals surface area contributed by atoms with Crippen molar-refractivity contribution in [3.63, 3.8) is 0 Å². The van der Waals surface area contributed by atoms with Crippen molar-refractivity contribution < 1.29 is 45.4 Å². The summed E-state index contributed by atoms with van der Waals surface area (Å²) >= 11 is 0. The van der Waals surface area contributed by atoms with E-state index in [9.17, 15) is 35.6 Å². The van der Waals surface area contributed by atoms with E-state index in [0.717, 1.165) is 24.5 Å². The highest BCUT2D eigenvalue weighted by molar-refractivity contribution is 7.92. The van der Waals surface area contributed by atoms with Crippen molar-refractivity contribution in [2.75, 3.05) is 24.1 Å². The van der Waals surface area contributed by atoms with Gasteiger partial charge in [0.05, 0.1) is 17.9 Å². The Morgan fingerprint density at radius 3 is 2.42 bits per heavy atom. The number of likely N-dealkylation sites (tertiary alicyclic amines) is 1. The SMILES string of the molecule is CC(C(=O)NCc1ccc(C(F)(F)F)nc1OC1CCN(C(=O)O)CC1)c1ccc(NS(C)(=O)=O)c(F)c1. The third kappa shape index (κ3) is 7.69. The fraction of sp³-hybridized carbons (Fsp3) is 0.435. The number of hydrogen-bond acceptors (Lipinski definition) is 6. The molecule has 10 nitrogen and oxygen atoms in total. The maximum absolute atomic E-state index is 14.3. The van der Waals surface area contributed by atoms with Gasteiger partial charge in [-0.1, -0.05) is 6.07 Å². The van der Waals surface area contributed by atoms with E-state index < -0.39 is 51.7 Å². The van der Waals surface area contributed by atoms with Gasteiger partial charge in [0.15, 0.2) is 0 Å². The van der Waals surface area contributed by atoms with Gasteiger partial charge in [0, 0.05) is 38.0 Å². The smallest absolute Gasteiger partial charge is 0.433 e. The average molecular weight is 563 g/mol. The second-order valence-corrected chi connectivity index (χ2v) is 10.5. The van der Waals surface area contributed by atoms with Gasteiger partial charge in [-0.3, -0.25) is 9.52 Å². The van der Waals surface area contributed by atoms with Crippen molar-refractivity contribution >= 4 is 27.7 Å². The molecule has 0 aliphatic carbocycles. The first-order valence-corrected chi connectivity index (χ1v) is 13.3. The number of rotatable bonds is 8. The predicted octanol–water partition coefficient (Wildman–Crippen LogP) is 3.55. The molecule has 1 aromatic heterocycles. The molecule has 0 bridgehead atoms. The van der Waals surface area contributed by atoms with E-state index in [1.165, 1.54) is 24.0 Å². The van der Waals surface area contributed by atoms with E-state index in [-0.39, 0.29) is 55.2 Å². The number of carboxylic acid groups (broad SMARTS) is 1. The monoisotopic (exact) mass is 562 g/mol. The number of amides is 2. The van der Waals surface area contributed by atoms with Crippen LogP contribution in [0.3, 0.4) is 0 Å². The molecule has 2 aromatic rings. The highest BCUT2D eigenvalue weighted by atomic mass is 32.2. The van der Waals surface area contributed by atoms with Crippen molar-refractivity contribution in [3.8, 4) is 5.88 Å². The van der Waals surface area contributed by atoms with E-state index in [1.54, 1.807) is 0 Å². The molecular formula is C23H26F4N4O6S.